The first kappa shape index (κ1) is 20.9. The van der Waals surface area contributed by atoms with Gasteiger partial charge in [-0.15, -0.1) is 0 Å². The van der Waals surface area contributed by atoms with Crippen molar-refractivity contribution in [3.05, 3.63) is 63.0 Å². The number of aliphatic hydroxyl groups excluding tert-OH is 1. The van der Waals surface area contributed by atoms with Crippen LogP contribution >= 0.6 is 11.6 Å². The van der Waals surface area contributed by atoms with Crippen molar-refractivity contribution in [2.75, 3.05) is 39.3 Å². The topological polar surface area (TPSA) is 81.2 Å². The highest BCUT2D eigenvalue weighted by Gasteiger charge is 2.22. The van der Waals surface area contributed by atoms with Gasteiger partial charge in [0, 0.05) is 30.2 Å². The number of quaternary nitrogens is 1. The summed E-state index contributed by atoms with van der Waals surface area (Å²) < 4.78 is 6.08. The minimum atomic E-state index is -0.139. The standard InChI is InChI=1S/C23H25ClN2O4/c1-15-21(16-2-4-17(24)5-3-16)22(29)18-6-7-20(28)19(23(18)30-15)14-26-10-8-25(9-11-26)12-13-27/h2-7,27-28H,8-14H2,1H3. The molecule has 1 fully saturated rings. The molecule has 0 atom stereocenters. The number of halogens is 1. The molecule has 1 aliphatic heterocycles. The molecule has 158 valence electrons. The van der Waals surface area contributed by atoms with E-state index in [1.54, 1.807) is 37.3 Å². The van der Waals surface area contributed by atoms with Crippen LogP contribution in [0, 0.1) is 6.92 Å². The van der Waals surface area contributed by atoms with E-state index >= 15 is 0 Å². The maximum Gasteiger partial charge on any atom is 0.200 e. The molecule has 1 aliphatic rings. The van der Waals surface area contributed by atoms with E-state index in [2.05, 4.69) is 4.90 Å². The highest BCUT2D eigenvalue weighted by Crippen LogP contribution is 2.29. The lowest BCUT2D eigenvalue weighted by Gasteiger charge is -2.32. The molecular weight excluding hydrogens is 404 g/mol. The summed E-state index contributed by atoms with van der Waals surface area (Å²) >= 11 is 5.98. The van der Waals surface area contributed by atoms with E-state index in [0.717, 1.165) is 31.7 Å². The van der Waals surface area contributed by atoms with Crippen LogP contribution in [0.5, 0.6) is 5.75 Å². The first-order chi connectivity index (χ1) is 14.5. The third-order valence-electron chi connectivity index (χ3n) is 5.84. The number of rotatable bonds is 5. The van der Waals surface area contributed by atoms with Crippen molar-refractivity contribution < 1.29 is 19.5 Å². The summed E-state index contributed by atoms with van der Waals surface area (Å²) in [7, 11) is 0. The first-order valence-corrected chi connectivity index (χ1v) is 10.5. The van der Waals surface area contributed by atoms with Gasteiger partial charge >= 0.3 is 0 Å². The SMILES string of the molecule is Cc1oc2c(C[NH+]3CCN(CCO)CC3)c([O-])ccc2c(=O)c1-c1ccc(Cl)cc1. The van der Waals surface area contributed by atoms with Crippen LogP contribution < -0.4 is 15.4 Å². The molecule has 0 unspecified atom stereocenters. The second-order valence-electron chi connectivity index (χ2n) is 7.78. The molecule has 7 heteroatoms. The molecule has 0 aliphatic carbocycles. The summed E-state index contributed by atoms with van der Waals surface area (Å²) in [4.78, 5) is 16.8. The number of nitrogens with one attached hydrogen (secondary N) is 1. The van der Waals surface area contributed by atoms with Gasteiger partial charge in [0.2, 0.25) is 5.43 Å². The highest BCUT2D eigenvalue weighted by molar-refractivity contribution is 6.30. The van der Waals surface area contributed by atoms with E-state index < -0.39 is 0 Å². The molecule has 4 rings (SSSR count). The van der Waals surface area contributed by atoms with Gasteiger partial charge in [0.25, 0.3) is 0 Å². The van der Waals surface area contributed by atoms with Gasteiger partial charge in [0.05, 0.1) is 30.6 Å². The summed E-state index contributed by atoms with van der Waals surface area (Å²) in [6.45, 7) is 6.61. The highest BCUT2D eigenvalue weighted by atomic mass is 35.5. The van der Waals surface area contributed by atoms with Crippen molar-refractivity contribution in [1.29, 1.82) is 0 Å². The fourth-order valence-corrected chi connectivity index (χ4v) is 4.31. The Morgan fingerprint density at radius 3 is 2.53 bits per heavy atom. The molecule has 0 radical (unpaired) electrons. The number of aliphatic hydroxyl groups is 1. The molecule has 2 aromatic carbocycles. The van der Waals surface area contributed by atoms with E-state index in [1.165, 1.54) is 11.0 Å². The quantitative estimate of drug-likeness (QED) is 0.638. The minimum Gasteiger partial charge on any atom is -0.872 e. The van der Waals surface area contributed by atoms with Gasteiger partial charge in [-0.3, -0.25) is 9.69 Å². The number of piperazine rings is 1. The third-order valence-corrected chi connectivity index (χ3v) is 6.09. The zero-order valence-electron chi connectivity index (χ0n) is 16.9. The first-order valence-electron chi connectivity index (χ1n) is 10.2. The van der Waals surface area contributed by atoms with Crippen molar-refractivity contribution >= 4 is 22.6 Å². The van der Waals surface area contributed by atoms with Crippen molar-refractivity contribution in [3.8, 4) is 16.9 Å². The predicted molar refractivity (Wildman–Crippen MR) is 115 cm³/mol. The zero-order valence-corrected chi connectivity index (χ0v) is 17.7. The fraction of sp³-hybridized carbons (Fsp3) is 0.348. The van der Waals surface area contributed by atoms with Crippen LogP contribution in [0.3, 0.4) is 0 Å². The van der Waals surface area contributed by atoms with Gasteiger partial charge in [-0.2, -0.15) is 0 Å². The Morgan fingerprint density at radius 1 is 1.17 bits per heavy atom. The van der Waals surface area contributed by atoms with E-state index in [-0.39, 0.29) is 17.8 Å². The number of benzene rings is 2. The van der Waals surface area contributed by atoms with Crippen molar-refractivity contribution in [1.82, 2.24) is 4.90 Å². The summed E-state index contributed by atoms with van der Waals surface area (Å²) in [5, 5.41) is 22.8. The van der Waals surface area contributed by atoms with E-state index in [4.69, 9.17) is 21.1 Å². The number of fused-ring (bicyclic) bond motifs is 1. The Hall–Kier alpha value is -2.38. The Kier molecular flexibility index (Phi) is 6.11. The molecule has 6 nitrogen and oxygen atoms in total. The third kappa shape index (κ3) is 4.09. The molecule has 2 heterocycles. The Labute approximate surface area is 179 Å². The summed E-state index contributed by atoms with van der Waals surface area (Å²) in [6.07, 6.45) is 0. The molecule has 2 N–H and O–H groups in total. The van der Waals surface area contributed by atoms with Crippen LogP contribution in [0.4, 0.5) is 0 Å². The molecule has 0 bridgehead atoms. The average Bonchev–Trinajstić information content (AvgIpc) is 2.73. The Morgan fingerprint density at radius 2 is 1.87 bits per heavy atom. The molecule has 1 aromatic heterocycles. The van der Waals surface area contributed by atoms with E-state index in [9.17, 15) is 9.90 Å². The van der Waals surface area contributed by atoms with Crippen molar-refractivity contribution in [3.63, 3.8) is 0 Å². The zero-order chi connectivity index (χ0) is 21.3. The number of β-amino-alcohol motifs (C(OH)–C–C–N with tert-alkyl or cyclic N) is 1. The van der Waals surface area contributed by atoms with Gasteiger partial charge < -0.3 is 19.5 Å². The van der Waals surface area contributed by atoms with Crippen molar-refractivity contribution in [2.45, 2.75) is 13.5 Å². The molecule has 3 aromatic rings. The lowest BCUT2D eigenvalue weighted by molar-refractivity contribution is -0.918. The largest absolute Gasteiger partial charge is 0.872 e. The molecule has 0 spiro atoms. The van der Waals surface area contributed by atoms with Gasteiger partial charge in [-0.1, -0.05) is 35.5 Å². The number of nitrogens with zero attached hydrogens (tertiary/aromatic N) is 1. The number of hydrogen-bond acceptors (Lipinski definition) is 5. The maximum atomic E-state index is 13.3. The second-order valence-corrected chi connectivity index (χ2v) is 8.22. The maximum absolute atomic E-state index is 13.3. The minimum absolute atomic E-state index is 0.102. The predicted octanol–water partition coefficient (Wildman–Crippen LogP) is 1.19. The number of hydrogen-bond donors (Lipinski definition) is 2. The smallest absolute Gasteiger partial charge is 0.200 e. The molecule has 0 amide bonds. The normalized spacial score (nSPS) is 15.7. The van der Waals surface area contributed by atoms with E-state index in [0.29, 0.717) is 46.0 Å². The van der Waals surface area contributed by atoms with Gasteiger partial charge in [0.1, 0.15) is 17.9 Å². The fourth-order valence-electron chi connectivity index (χ4n) is 4.18. The summed E-state index contributed by atoms with van der Waals surface area (Å²) in [5.41, 5.74) is 2.05. The molecule has 30 heavy (non-hydrogen) atoms. The van der Waals surface area contributed by atoms with Crippen LogP contribution in [0.1, 0.15) is 11.3 Å². The van der Waals surface area contributed by atoms with Crippen molar-refractivity contribution in [2.24, 2.45) is 0 Å². The summed E-state index contributed by atoms with van der Waals surface area (Å²) in [5.74, 6) is 0.388. The summed E-state index contributed by atoms with van der Waals surface area (Å²) in [6, 6.07) is 10.1. The number of aryl methyl sites for hydroxylation is 1. The van der Waals surface area contributed by atoms with Crippen LogP contribution in [0.2, 0.25) is 5.02 Å². The Bertz CT molecular complexity index is 1100. The van der Waals surface area contributed by atoms with Crippen LogP contribution in [0.15, 0.2) is 45.6 Å². The lowest BCUT2D eigenvalue weighted by Crippen LogP contribution is -3.13. The van der Waals surface area contributed by atoms with Gasteiger partial charge in [-0.05, 0) is 30.7 Å². The lowest BCUT2D eigenvalue weighted by atomic mass is 10.0. The van der Waals surface area contributed by atoms with Crippen LogP contribution in [0.25, 0.3) is 22.1 Å². The molecule has 0 saturated carbocycles. The second kappa shape index (κ2) is 8.78. The average molecular weight is 429 g/mol. The van der Waals surface area contributed by atoms with Gasteiger partial charge in [0.15, 0.2) is 0 Å². The van der Waals surface area contributed by atoms with Crippen LogP contribution in [-0.2, 0) is 6.54 Å². The van der Waals surface area contributed by atoms with Gasteiger partial charge in [-0.25, -0.2) is 0 Å². The molecule has 1 saturated heterocycles. The Balaban J connectivity index is 1.70. The monoisotopic (exact) mass is 428 g/mol. The van der Waals surface area contributed by atoms with Crippen LogP contribution in [-0.4, -0.2) is 49.3 Å². The van der Waals surface area contributed by atoms with E-state index in [1.807, 2.05) is 0 Å². The molecular formula is C23H25ClN2O4.